The van der Waals surface area contributed by atoms with Crippen molar-refractivity contribution >= 4 is 32.8 Å². The van der Waals surface area contributed by atoms with Crippen LogP contribution in [0.1, 0.15) is 17.8 Å². The quantitative estimate of drug-likeness (QED) is 0.851. The molecule has 2 aromatic rings. The maximum absolute atomic E-state index is 13.2. The van der Waals surface area contributed by atoms with Crippen LogP contribution < -0.4 is 5.43 Å². The zero-order chi connectivity index (χ0) is 11.9. The van der Waals surface area contributed by atoms with Gasteiger partial charge < -0.3 is 10.1 Å². The highest BCUT2D eigenvalue weighted by Crippen LogP contribution is 2.20. The number of fused-ring (bicyclic) bond motifs is 1. The normalized spacial score (nSPS) is 10.0. The van der Waals surface area contributed by atoms with Crippen LogP contribution in [0.2, 0.25) is 0 Å². The topological polar surface area (TPSA) is 70.2 Å². The van der Waals surface area contributed by atoms with Gasteiger partial charge in [-0.2, -0.15) is 0 Å². The Kier molecular flexibility index (Phi) is 3.67. The molecule has 0 amide bonds. The van der Waals surface area contributed by atoms with Gasteiger partial charge >= 0.3 is 5.97 Å². The minimum absolute atomic E-state index is 0. The maximum atomic E-state index is 13.2. The van der Waals surface area contributed by atoms with Gasteiger partial charge in [0.1, 0.15) is 11.4 Å². The maximum Gasteiger partial charge on any atom is 0.341 e. The summed E-state index contributed by atoms with van der Waals surface area (Å²) >= 11 is 2.94. The summed E-state index contributed by atoms with van der Waals surface area (Å²) in [7, 11) is 0. The van der Waals surface area contributed by atoms with E-state index in [4.69, 9.17) is 5.11 Å². The molecule has 0 bridgehead atoms. The molecule has 0 aliphatic carbocycles. The second-order valence-electron chi connectivity index (χ2n) is 3.15. The number of aromatic nitrogens is 1. The van der Waals surface area contributed by atoms with Crippen LogP contribution in [-0.2, 0) is 0 Å². The first-order valence-electron chi connectivity index (χ1n) is 4.24. The minimum atomic E-state index is -1.32. The third-order valence-corrected chi connectivity index (χ3v) is 2.76. The monoisotopic (exact) mass is 301 g/mol. The lowest BCUT2D eigenvalue weighted by molar-refractivity contribution is 0.0695. The predicted molar refractivity (Wildman–Crippen MR) is 65.9 cm³/mol. The molecule has 0 spiro atoms. The highest BCUT2D eigenvalue weighted by Gasteiger charge is 2.12. The van der Waals surface area contributed by atoms with Gasteiger partial charge in [0, 0.05) is 11.6 Å². The molecule has 0 radical (unpaired) electrons. The van der Waals surface area contributed by atoms with Gasteiger partial charge in [-0.25, -0.2) is 9.18 Å². The Morgan fingerprint density at radius 1 is 1.41 bits per heavy atom. The van der Waals surface area contributed by atoms with Crippen LogP contribution in [0.5, 0.6) is 0 Å². The van der Waals surface area contributed by atoms with E-state index in [9.17, 15) is 14.0 Å². The van der Waals surface area contributed by atoms with E-state index < -0.39 is 17.2 Å². The predicted octanol–water partition coefficient (Wildman–Crippen LogP) is 2.76. The number of benzene rings is 1. The second kappa shape index (κ2) is 4.67. The van der Waals surface area contributed by atoms with Crippen LogP contribution >= 0.6 is 15.9 Å². The highest BCUT2D eigenvalue weighted by atomic mass is 79.9. The van der Waals surface area contributed by atoms with Crippen LogP contribution in [0, 0.1) is 5.82 Å². The molecule has 0 aliphatic rings. The smallest absolute Gasteiger partial charge is 0.341 e. The largest absolute Gasteiger partial charge is 0.477 e. The van der Waals surface area contributed by atoms with Crippen LogP contribution in [-0.4, -0.2) is 16.1 Å². The molecule has 1 heterocycles. The number of carboxylic acids is 1. The summed E-state index contributed by atoms with van der Waals surface area (Å²) in [5.41, 5.74) is -0.747. The first-order chi connectivity index (χ1) is 7.50. The summed E-state index contributed by atoms with van der Waals surface area (Å²) in [6.07, 6.45) is 1.06. The summed E-state index contributed by atoms with van der Waals surface area (Å²) in [5, 5.41) is 8.88. The number of aromatic carboxylic acids is 1. The first-order valence-corrected chi connectivity index (χ1v) is 5.03. The average Bonchev–Trinajstić information content (AvgIpc) is 2.21. The summed E-state index contributed by atoms with van der Waals surface area (Å²) in [4.78, 5) is 25.0. The third-order valence-electron chi connectivity index (χ3n) is 2.15. The fourth-order valence-electron chi connectivity index (χ4n) is 1.37. The summed E-state index contributed by atoms with van der Waals surface area (Å²) < 4.78 is 13.3. The minimum Gasteiger partial charge on any atom is -0.477 e. The van der Waals surface area contributed by atoms with E-state index in [2.05, 4.69) is 20.9 Å². The Labute approximate surface area is 104 Å². The van der Waals surface area contributed by atoms with Gasteiger partial charge in [0.25, 0.3) is 0 Å². The van der Waals surface area contributed by atoms with E-state index in [1.165, 1.54) is 6.07 Å². The molecule has 0 atom stereocenters. The Bertz CT molecular complexity index is 651. The second-order valence-corrected chi connectivity index (χ2v) is 4.00. The highest BCUT2D eigenvalue weighted by molar-refractivity contribution is 9.10. The molecule has 0 saturated heterocycles. The molecular weight excluding hydrogens is 293 g/mol. The number of H-pyrrole nitrogens is 1. The number of hydrogen-bond acceptors (Lipinski definition) is 2. The summed E-state index contributed by atoms with van der Waals surface area (Å²) in [5.74, 6) is -1.84. The molecule has 1 aromatic heterocycles. The SMILES string of the molecule is C.O=C(O)c1c[nH]c2cc(F)c(Br)cc2c1=O. The molecule has 90 valence electrons. The third kappa shape index (κ3) is 2.21. The standard InChI is InChI=1S/C10H5BrFNO3.CH4/c11-6-1-4-8(2-7(6)12)13-3-5(9(4)14)10(15)16;/h1-3H,(H,13,14)(H,15,16);1H4. The van der Waals surface area contributed by atoms with E-state index in [0.717, 1.165) is 12.3 Å². The van der Waals surface area contributed by atoms with Crippen molar-refractivity contribution < 1.29 is 14.3 Å². The zero-order valence-electron chi connectivity index (χ0n) is 7.75. The number of aromatic amines is 1. The van der Waals surface area contributed by atoms with E-state index in [1.807, 2.05) is 0 Å². The Hall–Kier alpha value is -1.69. The van der Waals surface area contributed by atoms with Crippen molar-refractivity contribution in [2.45, 2.75) is 7.43 Å². The van der Waals surface area contributed by atoms with Crippen molar-refractivity contribution in [2.24, 2.45) is 0 Å². The van der Waals surface area contributed by atoms with Gasteiger partial charge in [0.05, 0.1) is 9.99 Å². The van der Waals surface area contributed by atoms with Crippen molar-refractivity contribution in [1.29, 1.82) is 0 Å². The number of hydrogen-bond donors (Lipinski definition) is 2. The van der Waals surface area contributed by atoms with Crippen molar-refractivity contribution in [3.05, 3.63) is 44.4 Å². The lowest BCUT2D eigenvalue weighted by Crippen LogP contribution is -2.15. The van der Waals surface area contributed by atoms with Crippen molar-refractivity contribution in [2.75, 3.05) is 0 Å². The molecule has 17 heavy (non-hydrogen) atoms. The van der Waals surface area contributed by atoms with Crippen LogP contribution in [0.15, 0.2) is 27.6 Å². The molecule has 1 aromatic carbocycles. The van der Waals surface area contributed by atoms with Gasteiger partial charge in [-0.3, -0.25) is 4.79 Å². The molecular formula is C11H9BrFNO3. The van der Waals surface area contributed by atoms with Crippen LogP contribution in [0.3, 0.4) is 0 Å². The van der Waals surface area contributed by atoms with Gasteiger partial charge in [0.15, 0.2) is 0 Å². The molecule has 6 heteroatoms. The number of pyridine rings is 1. The summed E-state index contributed by atoms with van der Waals surface area (Å²) in [6.45, 7) is 0. The molecule has 4 nitrogen and oxygen atoms in total. The fraction of sp³-hybridized carbons (Fsp3) is 0.0909. The van der Waals surface area contributed by atoms with E-state index >= 15 is 0 Å². The molecule has 0 saturated carbocycles. The van der Waals surface area contributed by atoms with Gasteiger partial charge in [-0.05, 0) is 28.1 Å². The number of carboxylic acid groups (broad SMARTS) is 1. The van der Waals surface area contributed by atoms with E-state index in [1.54, 1.807) is 0 Å². The molecule has 2 N–H and O–H groups in total. The zero-order valence-corrected chi connectivity index (χ0v) is 9.34. The Morgan fingerprint density at radius 2 is 2.06 bits per heavy atom. The van der Waals surface area contributed by atoms with Crippen LogP contribution in [0.25, 0.3) is 10.9 Å². The Balaban J connectivity index is 0.00000144. The first kappa shape index (κ1) is 13.4. The fourth-order valence-corrected chi connectivity index (χ4v) is 1.72. The molecule has 2 rings (SSSR count). The number of carbonyl (C=O) groups is 1. The lowest BCUT2D eigenvalue weighted by atomic mass is 10.1. The van der Waals surface area contributed by atoms with E-state index in [0.29, 0.717) is 0 Å². The molecule has 0 aliphatic heterocycles. The van der Waals surface area contributed by atoms with Crippen molar-refractivity contribution in [3.63, 3.8) is 0 Å². The lowest BCUT2D eigenvalue weighted by Gasteiger charge is -2.01. The van der Waals surface area contributed by atoms with Gasteiger partial charge in [0.2, 0.25) is 5.43 Å². The van der Waals surface area contributed by atoms with Gasteiger partial charge in [-0.1, -0.05) is 7.43 Å². The molecule has 0 fully saturated rings. The average molecular weight is 302 g/mol. The number of nitrogens with one attached hydrogen (secondary N) is 1. The summed E-state index contributed by atoms with van der Waals surface area (Å²) in [6, 6.07) is 2.39. The van der Waals surface area contributed by atoms with Gasteiger partial charge in [-0.15, -0.1) is 0 Å². The Morgan fingerprint density at radius 3 is 2.65 bits per heavy atom. The van der Waals surface area contributed by atoms with E-state index in [-0.39, 0.29) is 28.4 Å². The van der Waals surface area contributed by atoms with Crippen molar-refractivity contribution in [3.8, 4) is 0 Å². The number of rotatable bonds is 1. The van der Waals surface area contributed by atoms with Crippen molar-refractivity contribution in [1.82, 2.24) is 4.98 Å². The molecule has 0 unspecified atom stereocenters. The van der Waals surface area contributed by atoms with Crippen LogP contribution in [0.4, 0.5) is 4.39 Å². The number of halogens is 2.